The molecule has 0 bridgehead atoms. The zero-order chi connectivity index (χ0) is 12.9. The molecule has 0 aromatic heterocycles. The molecular formula is C14H14Cl2O2. The minimum absolute atomic E-state index is 0.152. The second-order valence-corrected chi connectivity index (χ2v) is 5.93. The summed E-state index contributed by atoms with van der Waals surface area (Å²) in [6.45, 7) is 0. The number of fused-ring (bicyclic) bond motifs is 1. The maximum absolute atomic E-state index is 12.4. The van der Waals surface area contributed by atoms with Crippen LogP contribution in [-0.4, -0.2) is 12.9 Å². The number of rotatable bonds is 3. The van der Waals surface area contributed by atoms with Crippen molar-refractivity contribution in [2.24, 2.45) is 17.8 Å². The number of ketones is 1. The molecule has 0 saturated heterocycles. The van der Waals surface area contributed by atoms with Gasteiger partial charge >= 0.3 is 0 Å². The molecule has 0 amide bonds. The Morgan fingerprint density at radius 2 is 1.89 bits per heavy atom. The average Bonchev–Trinajstić information content (AvgIpc) is 2.83. The molecule has 0 radical (unpaired) electrons. The molecule has 2 saturated carbocycles. The lowest BCUT2D eigenvalue weighted by atomic mass is 10.0. The monoisotopic (exact) mass is 284 g/mol. The van der Waals surface area contributed by atoms with Crippen LogP contribution in [0.25, 0.3) is 0 Å². The van der Waals surface area contributed by atoms with Crippen LogP contribution >= 0.6 is 23.2 Å². The lowest BCUT2D eigenvalue weighted by Gasteiger charge is -2.09. The van der Waals surface area contributed by atoms with E-state index in [2.05, 4.69) is 0 Å². The van der Waals surface area contributed by atoms with Crippen molar-refractivity contribution in [1.29, 1.82) is 0 Å². The fourth-order valence-electron chi connectivity index (χ4n) is 3.26. The highest BCUT2D eigenvalue weighted by atomic mass is 35.5. The highest BCUT2D eigenvalue weighted by Crippen LogP contribution is 2.59. The molecule has 4 heteroatoms. The van der Waals surface area contributed by atoms with E-state index in [4.69, 9.17) is 27.9 Å². The van der Waals surface area contributed by atoms with Gasteiger partial charge in [-0.1, -0.05) is 29.6 Å². The van der Waals surface area contributed by atoms with Gasteiger partial charge in [0.1, 0.15) is 5.75 Å². The zero-order valence-corrected chi connectivity index (χ0v) is 11.6. The fourth-order valence-corrected chi connectivity index (χ4v) is 3.75. The Hall–Kier alpha value is -0.730. The lowest BCUT2D eigenvalue weighted by Crippen LogP contribution is -2.07. The summed E-state index contributed by atoms with van der Waals surface area (Å²) in [6.07, 6.45) is 3.63. The molecule has 2 nitrogen and oxygen atoms in total. The molecule has 1 aromatic rings. The Labute approximate surface area is 116 Å². The molecule has 0 heterocycles. The lowest BCUT2D eigenvalue weighted by molar-refractivity contribution is 0.0951. The van der Waals surface area contributed by atoms with Crippen LogP contribution in [0.15, 0.2) is 12.1 Å². The normalized spacial score (nSPS) is 28.9. The SMILES string of the molecule is COc1cc(Cl)c(C(=O)C2C3CCCC32)cc1Cl. The second-order valence-electron chi connectivity index (χ2n) is 5.12. The van der Waals surface area contributed by atoms with Gasteiger partial charge in [-0.15, -0.1) is 0 Å². The molecule has 2 atom stereocenters. The highest BCUT2D eigenvalue weighted by Gasteiger charge is 2.56. The minimum atomic E-state index is 0.152. The summed E-state index contributed by atoms with van der Waals surface area (Å²) in [7, 11) is 1.53. The van der Waals surface area contributed by atoms with Crippen molar-refractivity contribution < 1.29 is 9.53 Å². The van der Waals surface area contributed by atoms with Gasteiger partial charge in [-0.2, -0.15) is 0 Å². The number of carbonyl (C=O) groups excluding carboxylic acids is 1. The second kappa shape index (κ2) is 4.43. The van der Waals surface area contributed by atoms with E-state index in [1.54, 1.807) is 12.1 Å². The van der Waals surface area contributed by atoms with Crippen molar-refractivity contribution >= 4 is 29.0 Å². The van der Waals surface area contributed by atoms with Crippen molar-refractivity contribution in [1.82, 2.24) is 0 Å². The van der Waals surface area contributed by atoms with Crippen LogP contribution in [0.5, 0.6) is 5.75 Å². The summed E-state index contributed by atoms with van der Waals surface area (Å²) in [5.41, 5.74) is 0.543. The predicted molar refractivity (Wildman–Crippen MR) is 71.7 cm³/mol. The van der Waals surface area contributed by atoms with Crippen LogP contribution in [0.1, 0.15) is 29.6 Å². The van der Waals surface area contributed by atoms with Crippen molar-refractivity contribution in [3.8, 4) is 5.75 Å². The van der Waals surface area contributed by atoms with E-state index < -0.39 is 0 Å². The number of benzene rings is 1. The molecule has 0 spiro atoms. The summed E-state index contributed by atoms with van der Waals surface area (Å²) in [5.74, 6) is 2.03. The third-order valence-corrected chi connectivity index (χ3v) is 4.82. The number of ether oxygens (including phenoxy) is 1. The molecule has 18 heavy (non-hydrogen) atoms. The third kappa shape index (κ3) is 1.83. The first-order valence-electron chi connectivity index (χ1n) is 6.20. The number of Topliss-reactive ketones (excluding diaryl/α,β-unsaturated/α-hetero) is 1. The van der Waals surface area contributed by atoms with E-state index in [-0.39, 0.29) is 11.7 Å². The van der Waals surface area contributed by atoms with E-state index >= 15 is 0 Å². The van der Waals surface area contributed by atoms with Gasteiger partial charge in [-0.3, -0.25) is 4.79 Å². The number of hydrogen-bond acceptors (Lipinski definition) is 2. The summed E-state index contributed by atoms with van der Waals surface area (Å²) < 4.78 is 5.08. The Balaban J connectivity index is 1.88. The maximum Gasteiger partial charge on any atom is 0.168 e. The first kappa shape index (κ1) is 12.3. The van der Waals surface area contributed by atoms with E-state index in [1.165, 1.54) is 26.4 Å². The Morgan fingerprint density at radius 3 is 2.50 bits per heavy atom. The smallest absolute Gasteiger partial charge is 0.168 e. The van der Waals surface area contributed by atoms with Gasteiger partial charge in [-0.25, -0.2) is 0 Å². The maximum atomic E-state index is 12.4. The predicted octanol–water partition coefficient (Wildman–Crippen LogP) is 4.23. The van der Waals surface area contributed by atoms with Gasteiger partial charge < -0.3 is 4.74 Å². The molecular weight excluding hydrogens is 271 g/mol. The average molecular weight is 285 g/mol. The molecule has 0 aliphatic heterocycles. The van der Waals surface area contributed by atoms with Gasteiger partial charge in [0.15, 0.2) is 5.78 Å². The number of halogens is 2. The van der Waals surface area contributed by atoms with Crippen LogP contribution < -0.4 is 4.74 Å². The van der Waals surface area contributed by atoms with Crippen LogP contribution in [-0.2, 0) is 0 Å². The molecule has 2 fully saturated rings. The van der Waals surface area contributed by atoms with E-state index in [0.29, 0.717) is 33.2 Å². The van der Waals surface area contributed by atoms with Crippen molar-refractivity contribution in [3.05, 3.63) is 27.7 Å². The Bertz CT molecular complexity index is 503. The van der Waals surface area contributed by atoms with Crippen LogP contribution in [0.3, 0.4) is 0 Å². The third-order valence-electron chi connectivity index (χ3n) is 4.22. The molecule has 3 rings (SSSR count). The van der Waals surface area contributed by atoms with Crippen molar-refractivity contribution in [2.45, 2.75) is 19.3 Å². The number of hydrogen-bond donors (Lipinski definition) is 0. The van der Waals surface area contributed by atoms with E-state index in [9.17, 15) is 4.79 Å². The molecule has 1 aromatic carbocycles. The summed E-state index contributed by atoms with van der Waals surface area (Å²) in [6, 6.07) is 3.26. The van der Waals surface area contributed by atoms with Crippen LogP contribution in [0.2, 0.25) is 10.0 Å². The van der Waals surface area contributed by atoms with Gasteiger partial charge in [0.05, 0.1) is 17.2 Å². The molecule has 2 aliphatic carbocycles. The number of methoxy groups -OCH3 is 1. The Morgan fingerprint density at radius 1 is 1.22 bits per heavy atom. The summed E-state index contributed by atoms with van der Waals surface area (Å²) >= 11 is 12.2. The summed E-state index contributed by atoms with van der Waals surface area (Å²) in [4.78, 5) is 12.4. The first-order chi connectivity index (χ1) is 8.63. The minimum Gasteiger partial charge on any atom is -0.495 e. The fraction of sp³-hybridized carbons (Fsp3) is 0.500. The molecule has 0 N–H and O–H groups in total. The number of carbonyl (C=O) groups is 1. The first-order valence-corrected chi connectivity index (χ1v) is 6.96. The van der Waals surface area contributed by atoms with Gasteiger partial charge in [0.2, 0.25) is 0 Å². The molecule has 2 unspecified atom stereocenters. The summed E-state index contributed by atoms with van der Waals surface area (Å²) in [5, 5.41) is 0.877. The topological polar surface area (TPSA) is 26.3 Å². The van der Waals surface area contributed by atoms with Crippen LogP contribution in [0.4, 0.5) is 0 Å². The highest BCUT2D eigenvalue weighted by molar-refractivity contribution is 6.37. The molecule has 96 valence electrons. The zero-order valence-electron chi connectivity index (χ0n) is 10.1. The largest absolute Gasteiger partial charge is 0.495 e. The van der Waals surface area contributed by atoms with Gasteiger partial charge in [-0.05, 0) is 30.7 Å². The van der Waals surface area contributed by atoms with Crippen molar-refractivity contribution in [2.75, 3.05) is 7.11 Å². The Kier molecular flexibility index (Phi) is 3.03. The van der Waals surface area contributed by atoms with Crippen molar-refractivity contribution in [3.63, 3.8) is 0 Å². The van der Waals surface area contributed by atoms with Crippen LogP contribution in [0, 0.1) is 17.8 Å². The van der Waals surface area contributed by atoms with E-state index in [0.717, 1.165) is 0 Å². The quantitative estimate of drug-likeness (QED) is 0.777. The molecule has 2 aliphatic rings. The van der Waals surface area contributed by atoms with Gasteiger partial charge in [0, 0.05) is 17.5 Å². The standard InChI is InChI=1S/C14H14Cl2O2/c1-18-12-6-10(15)9(5-11(12)16)14(17)13-7-3-2-4-8(7)13/h5-8,13H,2-4H2,1H3. The van der Waals surface area contributed by atoms with E-state index in [1.807, 2.05) is 0 Å². The van der Waals surface area contributed by atoms with Gasteiger partial charge in [0.25, 0.3) is 0 Å².